The topological polar surface area (TPSA) is 101 Å². The van der Waals surface area contributed by atoms with Crippen molar-refractivity contribution in [1.82, 2.24) is 19.8 Å². The maximum absolute atomic E-state index is 12.9. The first-order valence-electron chi connectivity index (χ1n) is 10.1. The second-order valence-corrected chi connectivity index (χ2v) is 8.61. The molecular formula is C20H24N4O4S. The van der Waals surface area contributed by atoms with Gasteiger partial charge in [0.05, 0.1) is 11.7 Å². The van der Waals surface area contributed by atoms with E-state index in [1.165, 1.54) is 20.7 Å². The van der Waals surface area contributed by atoms with Crippen molar-refractivity contribution in [3.05, 3.63) is 27.1 Å². The van der Waals surface area contributed by atoms with Crippen LogP contribution in [0.1, 0.15) is 49.0 Å². The molecule has 0 saturated carbocycles. The Morgan fingerprint density at radius 2 is 1.83 bits per heavy atom. The highest BCUT2D eigenvalue weighted by Crippen LogP contribution is 2.33. The van der Waals surface area contributed by atoms with Gasteiger partial charge < -0.3 is 5.32 Å². The molecule has 2 aromatic heterocycles. The van der Waals surface area contributed by atoms with E-state index in [1.54, 1.807) is 11.3 Å². The average molecular weight is 417 g/mol. The van der Waals surface area contributed by atoms with Crippen LogP contribution in [-0.2, 0) is 33.8 Å². The Hall–Kier alpha value is -2.55. The molecule has 1 fully saturated rings. The van der Waals surface area contributed by atoms with Crippen molar-refractivity contribution < 1.29 is 14.4 Å². The molecule has 0 bridgehead atoms. The Morgan fingerprint density at radius 3 is 2.62 bits per heavy atom. The lowest BCUT2D eigenvalue weighted by Gasteiger charge is -2.13. The smallest absolute Gasteiger partial charge is 0.262 e. The van der Waals surface area contributed by atoms with Crippen LogP contribution in [0, 0.1) is 0 Å². The van der Waals surface area contributed by atoms with E-state index in [-0.39, 0.29) is 49.1 Å². The van der Waals surface area contributed by atoms with E-state index in [2.05, 4.69) is 10.3 Å². The van der Waals surface area contributed by atoms with Gasteiger partial charge in [0.25, 0.3) is 5.56 Å². The standard InChI is InChI=1S/C20H24N4O4S/c25-15(21-9-3-10-24-16(26)6-7-17(24)27)8-11-23-12-22-19-18(20(23)28)13-4-1-2-5-14(13)29-19/h12H,1-11H2,(H,21,25). The molecule has 2 aliphatic rings. The molecule has 0 spiro atoms. The summed E-state index contributed by atoms with van der Waals surface area (Å²) in [4.78, 5) is 55.8. The number of hydrogen-bond donors (Lipinski definition) is 1. The van der Waals surface area contributed by atoms with Gasteiger partial charge in [-0.1, -0.05) is 0 Å². The Kier molecular flexibility index (Phi) is 5.75. The summed E-state index contributed by atoms with van der Waals surface area (Å²) in [6.07, 6.45) is 7.02. The molecule has 1 N–H and O–H groups in total. The minimum atomic E-state index is -0.164. The predicted molar refractivity (Wildman–Crippen MR) is 109 cm³/mol. The van der Waals surface area contributed by atoms with E-state index in [1.807, 2.05) is 0 Å². The lowest BCUT2D eigenvalue weighted by molar-refractivity contribution is -0.138. The molecule has 0 atom stereocenters. The van der Waals surface area contributed by atoms with Crippen molar-refractivity contribution in [2.75, 3.05) is 13.1 Å². The van der Waals surface area contributed by atoms with Crippen molar-refractivity contribution in [3.63, 3.8) is 0 Å². The third-order valence-corrected chi connectivity index (χ3v) is 6.76. The van der Waals surface area contributed by atoms with Gasteiger partial charge in [0.2, 0.25) is 17.7 Å². The van der Waals surface area contributed by atoms with Crippen molar-refractivity contribution in [1.29, 1.82) is 0 Å². The molecule has 4 rings (SSSR count). The minimum Gasteiger partial charge on any atom is -0.356 e. The molecule has 0 aromatic carbocycles. The second kappa shape index (κ2) is 8.44. The number of carbonyl (C=O) groups is 3. The highest BCUT2D eigenvalue weighted by atomic mass is 32.1. The second-order valence-electron chi connectivity index (χ2n) is 7.53. The molecule has 8 nitrogen and oxygen atoms in total. The van der Waals surface area contributed by atoms with Gasteiger partial charge in [-0.15, -0.1) is 11.3 Å². The first-order valence-corrected chi connectivity index (χ1v) is 11.0. The van der Waals surface area contributed by atoms with E-state index in [4.69, 9.17) is 0 Å². The van der Waals surface area contributed by atoms with E-state index < -0.39 is 0 Å². The zero-order chi connectivity index (χ0) is 20.4. The first kappa shape index (κ1) is 19.8. The Labute approximate surface area is 171 Å². The van der Waals surface area contributed by atoms with Crippen LogP contribution in [-0.4, -0.2) is 45.3 Å². The van der Waals surface area contributed by atoms with Gasteiger partial charge in [-0.05, 0) is 37.7 Å². The third kappa shape index (κ3) is 4.10. The van der Waals surface area contributed by atoms with E-state index >= 15 is 0 Å². The zero-order valence-electron chi connectivity index (χ0n) is 16.2. The molecular weight excluding hydrogens is 392 g/mol. The Bertz CT molecular complexity index is 1010. The molecule has 29 heavy (non-hydrogen) atoms. The first-order chi connectivity index (χ1) is 14.0. The number of likely N-dealkylation sites (tertiary alicyclic amines) is 1. The SMILES string of the molecule is O=C(CCn1cnc2sc3c(c2c1=O)CCCC3)NCCCN1C(=O)CCC1=O. The summed E-state index contributed by atoms with van der Waals surface area (Å²) in [5, 5.41) is 3.52. The van der Waals surface area contributed by atoms with Crippen molar-refractivity contribution in [3.8, 4) is 0 Å². The molecule has 9 heteroatoms. The molecule has 1 aliphatic heterocycles. The number of hydrogen-bond acceptors (Lipinski definition) is 6. The normalized spacial score (nSPS) is 16.5. The number of nitrogens with one attached hydrogen (secondary N) is 1. The molecule has 0 radical (unpaired) electrons. The van der Waals surface area contributed by atoms with E-state index in [0.29, 0.717) is 19.5 Å². The lowest BCUT2D eigenvalue weighted by Crippen LogP contribution is -2.33. The van der Waals surface area contributed by atoms with Crippen LogP contribution in [0.25, 0.3) is 10.2 Å². The third-order valence-electron chi connectivity index (χ3n) is 5.56. The van der Waals surface area contributed by atoms with Gasteiger partial charge in [0, 0.05) is 43.8 Å². The number of amides is 3. The fourth-order valence-corrected chi connectivity index (χ4v) is 5.21. The van der Waals surface area contributed by atoms with Crippen LogP contribution >= 0.6 is 11.3 Å². The maximum Gasteiger partial charge on any atom is 0.262 e. The number of aromatic nitrogens is 2. The van der Waals surface area contributed by atoms with Crippen LogP contribution in [0.15, 0.2) is 11.1 Å². The summed E-state index contributed by atoms with van der Waals surface area (Å²) in [5.41, 5.74) is 1.09. The van der Waals surface area contributed by atoms with Crippen LogP contribution < -0.4 is 10.9 Å². The highest BCUT2D eigenvalue weighted by molar-refractivity contribution is 7.18. The average Bonchev–Trinajstić information content (AvgIpc) is 3.25. The summed E-state index contributed by atoms with van der Waals surface area (Å²) in [6.45, 7) is 1.00. The Balaban J connectivity index is 1.29. The van der Waals surface area contributed by atoms with Crippen LogP contribution in [0.2, 0.25) is 0 Å². The maximum atomic E-state index is 12.9. The van der Waals surface area contributed by atoms with Crippen molar-refractivity contribution in [2.45, 2.75) is 57.9 Å². The number of imide groups is 1. The molecule has 3 heterocycles. The van der Waals surface area contributed by atoms with E-state index in [9.17, 15) is 19.2 Å². The Morgan fingerprint density at radius 1 is 1.07 bits per heavy atom. The van der Waals surface area contributed by atoms with Gasteiger partial charge in [0.1, 0.15) is 4.83 Å². The fraction of sp³-hybridized carbons (Fsp3) is 0.550. The van der Waals surface area contributed by atoms with E-state index in [0.717, 1.165) is 41.5 Å². The van der Waals surface area contributed by atoms with Crippen molar-refractivity contribution in [2.24, 2.45) is 0 Å². The fourth-order valence-electron chi connectivity index (χ4n) is 3.99. The number of carbonyl (C=O) groups excluding carboxylic acids is 3. The summed E-state index contributed by atoms with van der Waals surface area (Å²) in [7, 11) is 0. The summed E-state index contributed by atoms with van der Waals surface area (Å²) >= 11 is 1.62. The summed E-state index contributed by atoms with van der Waals surface area (Å²) in [6, 6.07) is 0. The number of rotatable bonds is 7. The molecule has 154 valence electrons. The van der Waals surface area contributed by atoms with Gasteiger partial charge in [0.15, 0.2) is 0 Å². The van der Waals surface area contributed by atoms with Crippen LogP contribution in [0.4, 0.5) is 0 Å². The number of aryl methyl sites for hydroxylation is 3. The lowest BCUT2D eigenvalue weighted by atomic mass is 9.97. The molecule has 0 unspecified atom stereocenters. The van der Waals surface area contributed by atoms with Gasteiger partial charge in [-0.25, -0.2) is 4.98 Å². The van der Waals surface area contributed by atoms with Crippen molar-refractivity contribution >= 4 is 39.3 Å². The summed E-state index contributed by atoms with van der Waals surface area (Å²) < 4.78 is 1.52. The number of thiophene rings is 1. The molecule has 1 aliphatic carbocycles. The number of nitrogens with zero attached hydrogens (tertiary/aromatic N) is 3. The van der Waals surface area contributed by atoms with Gasteiger partial charge >= 0.3 is 0 Å². The molecule has 3 amide bonds. The largest absolute Gasteiger partial charge is 0.356 e. The minimum absolute atomic E-state index is 0.0618. The quantitative estimate of drug-likeness (QED) is 0.543. The molecule has 2 aromatic rings. The monoisotopic (exact) mass is 416 g/mol. The van der Waals surface area contributed by atoms with Crippen LogP contribution in [0.5, 0.6) is 0 Å². The number of fused-ring (bicyclic) bond motifs is 3. The zero-order valence-corrected chi connectivity index (χ0v) is 17.1. The van der Waals surface area contributed by atoms with Gasteiger partial charge in [-0.3, -0.25) is 28.6 Å². The highest BCUT2D eigenvalue weighted by Gasteiger charge is 2.28. The summed E-state index contributed by atoms with van der Waals surface area (Å²) in [5.74, 6) is -0.443. The molecule has 1 saturated heterocycles. The predicted octanol–water partition coefficient (Wildman–Crippen LogP) is 1.38. The van der Waals surface area contributed by atoms with Crippen LogP contribution in [0.3, 0.4) is 0 Å². The van der Waals surface area contributed by atoms with Gasteiger partial charge in [-0.2, -0.15) is 0 Å².